The van der Waals surface area contributed by atoms with E-state index in [2.05, 4.69) is 19.0 Å². The summed E-state index contributed by atoms with van der Waals surface area (Å²) in [5.74, 6) is 0.894. The smallest absolute Gasteiger partial charge is 0.332 e. The number of likely N-dealkylation sites (N-methyl/N-ethyl adjacent to an activating group) is 1. The minimum atomic E-state index is 0.0384. The number of ether oxygens (including phenoxy) is 2. The molecule has 0 atom stereocenters. The molecule has 0 saturated heterocycles. The van der Waals surface area contributed by atoms with Crippen molar-refractivity contribution in [1.29, 1.82) is 0 Å². The fourth-order valence-corrected chi connectivity index (χ4v) is 4.64. The molecule has 30 heavy (non-hydrogen) atoms. The highest BCUT2D eigenvalue weighted by Gasteiger charge is 2.24. The van der Waals surface area contributed by atoms with Crippen molar-refractivity contribution in [3.63, 3.8) is 0 Å². The molecule has 1 aromatic heterocycles. The Hall–Kier alpha value is -2.05. The van der Waals surface area contributed by atoms with E-state index in [0.717, 1.165) is 63.1 Å². The highest BCUT2D eigenvalue weighted by Crippen LogP contribution is 2.29. The van der Waals surface area contributed by atoms with E-state index in [0.29, 0.717) is 12.2 Å². The summed E-state index contributed by atoms with van der Waals surface area (Å²) in [5, 5.41) is 0. The summed E-state index contributed by atoms with van der Waals surface area (Å²) >= 11 is 0. The van der Waals surface area contributed by atoms with Crippen molar-refractivity contribution in [3.8, 4) is 11.4 Å². The zero-order chi connectivity index (χ0) is 20.9. The third-order valence-electron chi connectivity index (χ3n) is 6.45. The van der Waals surface area contributed by atoms with Gasteiger partial charge in [-0.25, -0.2) is 4.79 Å². The van der Waals surface area contributed by atoms with Crippen molar-refractivity contribution in [2.75, 3.05) is 27.2 Å². The highest BCUT2D eigenvalue weighted by molar-refractivity contribution is 5.37. The minimum Gasteiger partial charge on any atom is -0.490 e. The van der Waals surface area contributed by atoms with Gasteiger partial charge in [-0.05, 0) is 89.7 Å². The van der Waals surface area contributed by atoms with Crippen LogP contribution in [0.2, 0.25) is 0 Å². The molecule has 164 valence electrons. The summed E-state index contributed by atoms with van der Waals surface area (Å²) in [6.07, 6.45) is 13.3. The van der Waals surface area contributed by atoms with Crippen LogP contribution in [0.4, 0.5) is 0 Å². The Morgan fingerprint density at radius 1 is 0.933 bits per heavy atom. The van der Waals surface area contributed by atoms with Gasteiger partial charge in [0.1, 0.15) is 5.75 Å². The topological polar surface area (TPSA) is 48.6 Å². The standard InChI is InChI=1S/C24H35N3O3/c1-25(2)17-18-29-21-11-7-19(8-12-21)26-15-16-27(24(26)28)20-9-13-23(14-10-20)30-22-5-3-4-6-22/h9-10,13-16,19,21-22H,3-8,11-12,17-18H2,1-2H3/t19-,21-. The van der Waals surface area contributed by atoms with Gasteiger partial charge in [-0.15, -0.1) is 0 Å². The number of hydrogen-bond acceptors (Lipinski definition) is 4. The molecule has 4 rings (SSSR count). The molecule has 2 saturated carbocycles. The lowest BCUT2D eigenvalue weighted by molar-refractivity contribution is 0.0129. The Balaban J connectivity index is 1.34. The van der Waals surface area contributed by atoms with Crippen molar-refractivity contribution in [1.82, 2.24) is 14.0 Å². The van der Waals surface area contributed by atoms with Gasteiger partial charge in [-0.3, -0.25) is 9.13 Å². The van der Waals surface area contributed by atoms with Gasteiger partial charge < -0.3 is 14.4 Å². The SMILES string of the molecule is CN(C)CCO[C@H]1CC[C@H](n2ccn(-c3ccc(OC4CCCC4)cc3)c2=O)CC1. The zero-order valence-corrected chi connectivity index (χ0v) is 18.3. The largest absolute Gasteiger partial charge is 0.490 e. The van der Waals surface area contributed by atoms with Crippen LogP contribution < -0.4 is 10.4 Å². The molecular formula is C24H35N3O3. The molecule has 0 aliphatic heterocycles. The van der Waals surface area contributed by atoms with Crippen LogP contribution in [0.5, 0.6) is 5.75 Å². The van der Waals surface area contributed by atoms with E-state index in [1.54, 1.807) is 4.57 Å². The summed E-state index contributed by atoms with van der Waals surface area (Å²) in [6, 6.07) is 8.18. The van der Waals surface area contributed by atoms with E-state index >= 15 is 0 Å². The van der Waals surface area contributed by atoms with Crippen LogP contribution in [0, 0.1) is 0 Å². The molecule has 0 N–H and O–H groups in total. The first-order valence-corrected chi connectivity index (χ1v) is 11.4. The quantitative estimate of drug-likeness (QED) is 0.656. The van der Waals surface area contributed by atoms with Gasteiger partial charge in [-0.2, -0.15) is 0 Å². The molecule has 2 aliphatic rings. The Morgan fingerprint density at radius 3 is 2.30 bits per heavy atom. The molecule has 0 bridgehead atoms. The van der Waals surface area contributed by atoms with Gasteiger partial charge in [0.15, 0.2) is 0 Å². The van der Waals surface area contributed by atoms with Crippen LogP contribution >= 0.6 is 0 Å². The summed E-state index contributed by atoms with van der Waals surface area (Å²) in [5.41, 5.74) is 0.926. The van der Waals surface area contributed by atoms with E-state index in [1.165, 1.54) is 12.8 Å². The van der Waals surface area contributed by atoms with Crippen molar-refractivity contribution < 1.29 is 9.47 Å². The molecule has 2 fully saturated rings. The number of imidazole rings is 1. The van der Waals surface area contributed by atoms with E-state index < -0.39 is 0 Å². The fraction of sp³-hybridized carbons (Fsp3) is 0.625. The summed E-state index contributed by atoms with van der Waals surface area (Å²) in [7, 11) is 4.13. The Bertz CT molecular complexity index is 841. The van der Waals surface area contributed by atoms with Crippen LogP contribution in [-0.4, -0.2) is 53.5 Å². The fourth-order valence-electron chi connectivity index (χ4n) is 4.64. The van der Waals surface area contributed by atoms with Crippen LogP contribution in [0.15, 0.2) is 41.5 Å². The molecule has 6 heteroatoms. The van der Waals surface area contributed by atoms with Crippen molar-refractivity contribution in [2.24, 2.45) is 0 Å². The van der Waals surface area contributed by atoms with E-state index in [-0.39, 0.29) is 11.7 Å². The van der Waals surface area contributed by atoms with Gasteiger partial charge in [0, 0.05) is 25.0 Å². The lowest BCUT2D eigenvalue weighted by atomic mass is 9.93. The molecule has 0 radical (unpaired) electrons. The summed E-state index contributed by atoms with van der Waals surface area (Å²) in [4.78, 5) is 15.2. The van der Waals surface area contributed by atoms with Gasteiger partial charge in [0.2, 0.25) is 0 Å². The number of aromatic nitrogens is 2. The summed E-state index contributed by atoms with van der Waals surface area (Å²) < 4.78 is 15.7. The maximum Gasteiger partial charge on any atom is 0.332 e. The van der Waals surface area contributed by atoms with E-state index in [1.807, 2.05) is 41.2 Å². The molecule has 1 heterocycles. The second kappa shape index (κ2) is 9.84. The summed E-state index contributed by atoms with van der Waals surface area (Å²) in [6.45, 7) is 1.73. The lowest BCUT2D eigenvalue weighted by Crippen LogP contribution is -2.31. The number of hydrogen-bond donors (Lipinski definition) is 0. The molecule has 0 spiro atoms. The Kier molecular flexibility index (Phi) is 6.95. The highest BCUT2D eigenvalue weighted by atomic mass is 16.5. The maximum atomic E-state index is 13.0. The average Bonchev–Trinajstić information content (AvgIpc) is 3.39. The molecule has 1 aromatic carbocycles. The normalized spacial score (nSPS) is 22.6. The molecule has 2 aromatic rings. The predicted molar refractivity (Wildman–Crippen MR) is 119 cm³/mol. The van der Waals surface area contributed by atoms with Crippen molar-refractivity contribution >= 4 is 0 Å². The van der Waals surface area contributed by atoms with Crippen LogP contribution in [0.25, 0.3) is 5.69 Å². The molecular weight excluding hydrogens is 378 g/mol. The first-order chi connectivity index (χ1) is 14.6. The second-order valence-corrected chi connectivity index (χ2v) is 8.98. The monoisotopic (exact) mass is 413 g/mol. The first kappa shape index (κ1) is 21.2. The third-order valence-corrected chi connectivity index (χ3v) is 6.45. The molecule has 0 unspecified atom stereocenters. The molecule has 0 amide bonds. The second-order valence-electron chi connectivity index (χ2n) is 8.98. The third kappa shape index (κ3) is 5.16. The van der Waals surface area contributed by atoms with Crippen LogP contribution in [0.3, 0.4) is 0 Å². The minimum absolute atomic E-state index is 0.0384. The maximum absolute atomic E-state index is 13.0. The molecule has 6 nitrogen and oxygen atoms in total. The van der Waals surface area contributed by atoms with Gasteiger partial charge in [0.05, 0.1) is 24.5 Å². The average molecular weight is 414 g/mol. The van der Waals surface area contributed by atoms with Crippen LogP contribution in [0.1, 0.15) is 57.4 Å². The number of benzene rings is 1. The number of nitrogens with zero attached hydrogens (tertiary/aromatic N) is 3. The van der Waals surface area contributed by atoms with Gasteiger partial charge >= 0.3 is 5.69 Å². The zero-order valence-electron chi connectivity index (χ0n) is 18.3. The lowest BCUT2D eigenvalue weighted by Gasteiger charge is -2.29. The Morgan fingerprint density at radius 2 is 1.63 bits per heavy atom. The van der Waals surface area contributed by atoms with E-state index in [4.69, 9.17) is 9.47 Å². The van der Waals surface area contributed by atoms with Crippen LogP contribution in [-0.2, 0) is 4.74 Å². The molecule has 2 aliphatic carbocycles. The van der Waals surface area contributed by atoms with Gasteiger partial charge in [0.25, 0.3) is 0 Å². The van der Waals surface area contributed by atoms with Crippen molar-refractivity contribution in [3.05, 3.63) is 47.1 Å². The van der Waals surface area contributed by atoms with E-state index in [9.17, 15) is 4.79 Å². The van der Waals surface area contributed by atoms with Crippen molar-refractivity contribution in [2.45, 2.75) is 69.6 Å². The Labute approximate surface area is 179 Å². The predicted octanol–water partition coefficient (Wildman–Crippen LogP) is 4.02. The first-order valence-electron chi connectivity index (χ1n) is 11.4. The van der Waals surface area contributed by atoms with Gasteiger partial charge in [-0.1, -0.05) is 0 Å². The number of rotatable bonds is 8.